The zero-order chi connectivity index (χ0) is 27.9. The molecular formula is C29H26F2N4O4. The first-order valence-electron chi connectivity index (χ1n) is 12.0. The second-order valence-corrected chi connectivity index (χ2v) is 8.74. The average molecular weight is 533 g/mol. The summed E-state index contributed by atoms with van der Waals surface area (Å²) in [5.74, 6) is -5.15. The number of aromatic carboxylic acids is 1. The number of carbonyl (C=O) groups is 1. The van der Waals surface area contributed by atoms with Crippen molar-refractivity contribution < 1.29 is 28.2 Å². The third-order valence-corrected chi connectivity index (χ3v) is 5.80. The number of aryl methyl sites for hydroxylation is 1. The smallest absolute Gasteiger partial charge is 0.339 e. The van der Waals surface area contributed by atoms with Crippen molar-refractivity contribution in [3.8, 4) is 23.3 Å². The molecule has 4 aromatic rings. The summed E-state index contributed by atoms with van der Waals surface area (Å²) in [6, 6.07) is 20.9. The molecule has 0 aliphatic heterocycles. The van der Waals surface area contributed by atoms with E-state index >= 15 is 8.78 Å². The number of carboxylic acid groups (broad SMARTS) is 1. The summed E-state index contributed by atoms with van der Waals surface area (Å²) in [7, 11) is 0. The molecule has 0 aliphatic rings. The lowest BCUT2D eigenvalue weighted by Gasteiger charge is -2.19. The average Bonchev–Trinajstić information content (AvgIpc) is 2.93. The van der Waals surface area contributed by atoms with E-state index in [0.29, 0.717) is 18.4 Å². The number of nitrogens with one attached hydrogen (secondary N) is 2. The zero-order valence-corrected chi connectivity index (χ0v) is 20.9. The van der Waals surface area contributed by atoms with Crippen LogP contribution in [-0.2, 0) is 6.42 Å². The fraction of sp³-hybridized carbons (Fsp3) is 0.138. The van der Waals surface area contributed by atoms with Gasteiger partial charge in [0.15, 0.2) is 0 Å². The summed E-state index contributed by atoms with van der Waals surface area (Å²) < 4.78 is 42.4. The minimum atomic E-state index is -1.29. The number of nitrogens with zero attached hydrogens (tertiary/aromatic N) is 1. The van der Waals surface area contributed by atoms with Crippen LogP contribution in [0.3, 0.4) is 0 Å². The quantitative estimate of drug-likeness (QED) is 0.131. The Morgan fingerprint density at radius 1 is 1.00 bits per heavy atom. The molecule has 0 saturated carbocycles. The van der Waals surface area contributed by atoms with Gasteiger partial charge in [0.1, 0.15) is 28.6 Å². The molecule has 10 heteroatoms. The molecule has 200 valence electrons. The van der Waals surface area contributed by atoms with E-state index < -0.39 is 35.1 Å². The Morgan fingerprint density at radius 2 is 1.67 bits per heavy atom. The summed E-state index contributed by atoms with van der Waals surface area (Å²) in [5, 5.41) is 19.9. The number of ether oxygens (including phenoxy) is 2. The van der Waals surface area contributed by atoms with Gasteiger partial charge >= 0.3 is 5.97 Å². The fourth-order valence-corrected chi connectivity index (χ4v) is 3.78. The van der Waals surface area contributed by atoms with Gasteiger partial charge in [0.2, 0.25) is 11.6 Å². The summed E-state index contributed by atoms with van der Waals surface area (Å²) in [6.07, 6.45) is 1.22. The Hall–Kier alpha value is -4.99. The number of nitrogens with two attached hydrogens (primary N) is 1. The minimum Gasteiger partial charge on any atom is -0.478 e. The second kappa shape index (κ2) is 12.0. The van der Waals surface area contributed by atoms with Gasteiger partial charge in [-0.15, -0.1) is 0 Å². The van der Waals surface area contributed by atoms with E-state index in [1.54, 1.807) is 19.1 Å². The molecule has 1 heterocycles. The van der Waals surface area contributed by atoms with E-state index in [1.165, 1.54) is 36.4 Å². The molecule has 39 heavy (non-hydrogen) atoms. The van der Waals surface area contributed by atoms with Crippen molar-refractivity contribution in [2.24, 2.45) is 5.73 Å². The number of carboxylic acids is 1. The molecule has 4 rings (SSSR count). The lowest BCUT2D eigenvalue weighted by atomic mass is 10.1. The SMILES string of the molecule is C[C@@H](CCc1ccccc1)Nc1c(F)c(Oc2cccc(C(=N)N)c2)nc(Oc2ccccc2C(=O)O)c1F. The Balaban J connectivity index is 1.70. The molecule has 0 spiro atoms. The summed E-state index contributed by atoms with van der Waals surface area (Å²) in [6.45, 7) is 1.78. The number of nitrogen functional groups attached to an aromatic ring is 1. The highest BCUT2D eigenvalue weighted by molar-refractivity contribution is 5.95. The lowest BCUT2D eigenvalue weighted by molar-refractivity contribution is 0.0694. The molecular weight excluding hydrogens is 506 g/mol. The van der Waals surface area contributed by atoms with Gasteiger partial charge in [-0.05, 0) is 49.6 Å². The van der Waals surface area contributed by atoms with Gasteiger partial charge < -0.3 is 25.6 Å². The molecule has 1 atom stereocenters. The monoisotopic (exact) mass is 532 g/mol. The molecule has 8 nitrogen and oxygen atoms in total. The second-order valence-electron chi connectivity index (χ2n) is 8.74. The van der Waals surface area contributed by atoms with Gasteiger partial charge in [-0.3, -0.25) is 5.41 Å². The summed E-state index contributed by atoms with van der Waals surface area (Å²) in [5.41, 5.74) is 6.17. The summed E-state index contributed by atoms with van der Waals surface area (Å²) >= 11 is 0. The highest BCUT2D eigenvalue weighted by Crippen LogP contribution is 2.37. The number of para-hydroxylation sites is 1. The zero-order valence-electron chi connectivity index (χ0n) is 20.9. The number of halogens is 2. The molecule has 0 fully saturated rings. The predicted molar refractivity (Wildman–Crippen MR) is 143 cm³/mol. The highest BCUT2D eigenvalue weighted by atomic mass is 19.1. The van der Waals surface area contributed by atoms with Crippen molar-refractivity contribution in [3.63, 3.8) is 0 Å². The fourth-order valence-electron chi connectivity index (χ4n) is 3.78. The molecule has 0 aliphatic carbocycles. The number of benzene rings is 3. The standard InChI is InChI=1S/C29H26F2N4O4/c1-17(14-15-18-8-3-2-4-9-18)34-25-23(30)27(38-20-11-7-10-19(16-20)26(32)33)35-28(24(25)31)39-22-13-6-5-12-21(22)29(36)37/h2-13,16-17H,14-15H2,1H3,(H3,32,33)(H,34,35)(H,36,37)/t17-/m0/s1. The third-order valence-electron chi connectivity index (χ3n) is 5.80. The lowest BCUT2D eigenvalue weighted by Crippen LogP contribution is -2.19. The van der Waals surface area contributed by atoms with Crippen molar-refractivity contribution in [2.75, 3.05) is 5.32 Å². The number of aromatic nitrogens is 1. The van der Waals surface area contributed by atoms with Gasteiger partial charge in [0.05, 0.1) is 0 Å². The number of rotatable bonds is 11. The van der Waals surface area contributed by atoms with Crippen LogP contribution in [0, 0.1) is 17.0 Å². The molecule has 0 bridgehead atoms. The molecule has 0 saturated heterocycles. The first-order chi connectivity index (χ1) is 18.7. The number of pyridine rings is 1. The maximum absolute atomic E-state index is 15.6. The molecule has 1 aromatic heterocycles. The maximum Gasteiger partial charge on any atom is 0.339 e. The van der Waals surface area contributed by atoms with Crippen LogP contribution < -0.4 is 20.5 Å². The van der Waals surface area contributed by atoms with E-state index in [9.17, 15) is 9.90 Å². The van der Waals surface area contributed by atoms with E-state index in [-0.39, 0.29) is 28.9 Å². The predicted octanol–water partition coefficient (Wildman–Crippen LogP) is 6.36. The molecule has 0 unspecified atom stereocenters. The van der Waals surface area contributed by atoms with Crippen LogP contribution in [0.1, 0.15) is 34.8 Å². The Morgan fingerprint density at radius 3 is 2.36 bits per heavy atom. The van der Waals surface area contributed by atoms with Gasteiger partial charge in [-0.25, -0.2) is 4.79 Å². The highest BCUT2D eigenvalue weighted by Gasteiger charge is 2.26. The van der Waals surface area contributed by atoms with Crippen molar-refractivity contribution in [1.29, 1.82) is 5.41 Å². The Labute approximate surface area is 223 Å². The van der Waals surface area contributed by atoms with Crippen LogP contribution in [0.25, 0.3) is 0 Å². The number of hydrogen-bond acceptors (Lipinski definition) is 6. The van der Waals surface area contributed by atoms with E-state index in [1.807, 2.05) is 30.3 Å². The van der Waals surface area contributed by atoms with Crippen LogP contribution in [0.5, 0.6) is 23.3 Å². The van der Waals surface area contributed by atoms with Crippen molar-refractivity contribution in [1.82, 2.24) is 4.98 Å². The summed E-state index contributed by atoms with van der Waals surface area (Å²) in [4.78, 5) is 15.5. The van der Waals surface area contributed by atoms with Crippen LogP contribution in [0.15, 0.2) is 78.9 Å². The normalized spacial score (nSPS) is 11.5. The van der Waals surface area contributed by atoms with Crippen molar-refractivity contribution in [2.45, 2.75) is 25.8 Å². The van der Waals surface area contributed by atoms with Crippen LogP contribution >= 0.6 is 0 Å². The van der Waals surface area contributed by atoms with E-state index in [4.69, 9.17) is 20.6 Å². The first kappa shape index (κ1) is 27.1. The van der Waals surface area contributed by atoms with Crippen molar-refractivity contribution in [3.05, 3.63) is 107 Å². The van der Waals surface area contributed by atoms with Crippen LogP contribution in [0.4, 0.5) is 14.5 Å². The van der Waals surface area contributed by atoms with E-state index in [2.05, 4.69) is 10.3 Å². The molecule has 0 amide bonds. The third kappa shape index (κ3) is 6.67. The van der Waals surface area contributed by atoms with Gasteiger partial charge in [-0.2, -0.15) is 13.8 Å². The molecule has 5 N–H and O–H groups in total. The largest absolute Gasteiger partial charge is 0.478 e. The topological polar surface area (TPSA) is 131 Å². The maximum atomic E-state index is 15.6. The molecule has 3 aromatic carbocycles. The minimum absolute atomic E-state index is 0.0978. The van der Waals surface area contributed by atoms with Gasteiger partial charge in [0.25, 0.3) is 11.8 Å². The first-order valence-corrected chi connectivity index (χ1v) is 12.0. The number of hydrogen-bond donors (Lipinski definition) is 4. The molecule has 0 radical (unpaired) electrons. The Kier molecular flexibility index (Phi) is 8.35. The van der Waals surface area contributed by atoms with Gasteiger partial charge in [0, 0.05) is 11.6 Å². The van der Waals surface area contributed by atoms with Crippen LogP contribution in [-0.4, -0.2) is 27.9 Å². The Bertz CT molecular complexity index is 1500. The number of amidine groups is 1. The van der Waals surface area contributed by atoms with Gasteiger partial charge in [-0.1, -0.05) is 54.6 Å². The van der Waals surface area contributed by atoms with E-state index in [0.717, 1.165) is 5.56 Å². The van der Waals surface area contributed by atoms with Crippen molar-refractivity contribution >= 4 is 17.5 Å². The van der Waals surface area contributed by atoms with Crippen LogP contribution in [0.2, 0.25) is 0 Å². The number of anilines is 1.